The molecule has 1 aromatic rings. The molecule has 0 heterocycles. The molecule has 1 aromatic carbocycles. The number of carbonyl (C=O) groups excluding carboxylic acids is 1. The van der Waals surface area contributed by atoms with Crippen LogP contribution in [-0.4, -0.2) is 24.6 Å². The maximum absolute atomic E-state index is 11.5. The Labute approximate surface area is 137 Å². The van der Waals surface area contributed by atoms with Gasteiger partial charge in [-0.25, -0.2) is 0 Å². The van der Waals surface area contributed by atoms with Crippen molar-refractivity contribution in [3.63, 3.8) is 0 Å². The van der Waals surface area contributed by atoms with Gasteiger partial charge in [-0.15, -0.1) is 0 Å². The summed E-state index contributed by atoms with van der Waals surface area (Å²) in [5.74, 6) is 0.814. The Bertz CT molecular complexity index is 467. The van der Waals surface area contributed by atoms with Crippen LogP contribution in [0.4, 0.5) is 0 Å². The van der Waals surface area contributed by atoms with E-state index in [1.807, 2.05) is 19.1 Å². The van der Waals surface area contributed by atoms with Crippen molar-refractivity contribution >= 4 is 53.6 Å². The van der Waals surface area contributed by atoms with Crippen molar-refractivity contribution in [1.82, 2.24) is 0 Å². The van der Waals surface area contributed by atoms with E-state index in [0.29, 0.717) is 18.8 Å². The Morgan fingerprint density at radius 3 is 2.42 bits per heavy atom. The molecular weight excluding hydrogens is 444 g/mol. The Morgan fingerprint density at radius 1 is 1.26 bits per heavy atom. The van der Waals surface area contributed by atoms with E-state index in [1.54, 1.807) is 0 Å². The number of hydrogen-bond donors (Lipinski definition) is 0. The van der Waals surface area contributed by atoms with Crippen LogP contribution in [0.1, 0.15) is 19.8 Å². The Kier molecular flexibility index (Phi) is 5.45. The first-order valence-electron chi connectivity index (χ1n) is 5.98. The Morgan fingerprint density at radius 2 is 1.89 bits per heavy atom. The fourth-order valence-corrected chi connectivity index (χ4v) is 4.26. The minimum Gasteiger partial charge on any atom is -0.484 e. The van der Waals surface area contributed by atoms with Gasteiger partial charge in [-0.2, -0.15) is 0 Å². The van der Waals surface area contributed by atoms with Gasteiger partial charge in [0.2, 0.25) is 0 Å². The maximum atomic E-state index is 11.5. The molecule has 0 saturated heterocycles. The van der Waals surface area contributed by atoms with Crippen molar-refractivity contribution in [3.8, 4) is 5.75 Å². The van der Waals surface area contributed by atoms with Gasteiger partial charge in [0.15, 0.2) is 11.9 Å². The van der Waals surface area contributed by atoms with Gasteiger partial charge in [0.1, 0.15) is 11.9 Å². The predicted octanol–water partition coefficient (Wildman–Crippen LogP) is 4.49. The largest absolute Gasteiger partial charge is 0.484 e. The molecule has 0 N–H and O–H groups in total. The van der Waals surface area contributed by atoms with Gasteiger partial charge in [0, 0.05) is 17.5 Å². The minimum atomic E-state index is -0.428. The average molecular weight is 457 g/mol. The highest BCUT2D eigenvalue weighted by molar-refractivity contribution is 9.11. The molecule has 0 radical (unpaired) electrons. The van der Waals surface area contributed by atoms with Gasteiger partial charge in [0.25, 0.3) is 0 Å². The van der Waals surface area contributed by atoms with Crippen molar-refractivity contribution in [2.75, 3.05) is 6.61 Å². The molecule has 1 saturated carbocycles. The highest BCUT2D eigenvalue weighted by Gasteiger charge is 2.43. The van der Waals surface area contributed by atoms with E-state index in [-0.39, 0.29) is 11.9 Å². The van der Waals surface area contributed by atoms with E-state index < -0.39 is 6.10 Å². The second-order valence-corrected chi connectivity index (χ2v) is 6.94. The number of benzene rings is 1. The van der Waals surface area contributed by atoms with Crippen LogP contribution in [-0.2, 0) is 9.53 Å². The average Bonchev–Trinajstić information content (AvgIpc) is 2.32. The molecule has 6 heteroatoms. The minimum absolute atomic E-state index is 0.114. The molecule has 2 unspecified atom stereocenters. The van der Waals surface area contributed by atoms with Crippen molar-refractivity contribution in [3.05, 3.63) is 25.6 Å². The molecule has 0 aromatic heterocycles. The Balaban J connectivity index is 2.07. The number of ether oxygens (including phenoxy) is 2. The van der Waals surface area contributed by atoms with E-state index in [0.717, 1.165) is 19.8 Å². The van der Waals surface area contributed by atoms with Crippen molar-refractivity contribution in [1.29, 1.82) is 0 Å². The van der Waals surface area contributed by atoms with Crippen LogP contribution in [0.15, 0.2) is 25.6 Å². The van der Waals surface area contributed by atoms with Crippen molar-refractivity contribution in [2.45, 2.75) is 32.0 Å². The van der Waals surface area contributed by atoms with Crippen molar-refractivity contribution < 1.29 is 14.3 Å². The molecule has 0 aliphatic heterocycles. The predicted molar refractivity (Wildman–Crippen MR) is 83.6 cm³/mol. The zero-order valence-corrected chi connectivity index (χ0v) is 15.0. The lowest BCUT2D eigenvalue weighted by molar-refractivity contribution is -0.154. The van der Waals surface area contributed by atoms with Crippen LogP contribution in [0.25, 0.3) is 0 Å². The second kappa shape index (κ2) is 6.70. The number of carbonyl (C=O) groups is 1. The number of halogens is 3. The smallest absolute Gasteiger partial charge is 0.169 e. The third-order valence-corrected chi connectivity index (χ3v) is 4.43. The van der Waals surface area contributed by atoms with Gasteiger partial charge >= 0.3 is 0 Å². The molecule has 0 bridgehead atoms. The summed E-state index contributed by atoms with van der Waals surface area (Å²) in [5.41, 5.74) is 0. The van der Waals surface area contributed by atoms with Gasteiger partial charge in [-0.1, -0.05) is 22.9 Å². The second-order valence-electron chi connectivity index (χ2n) is 4.32. The normalized spacial score (nSPS) is 22.2. The number of Topliss-reactive ketones (excluding diaryl/α,β-unsaturated/α-hetero) is 1. The van der Waals surface area contributed by atoms with E-state index >= 15 is 0 Å². The molecule has 3 nitrogen and oxygen atoms in total. The quantitative estimate of drug-likeness (QED) is 0.655. The molecule has 104 valence electrons. The Hall–Kier alpha value is 0.0900. The zero-order valence-electron chi connectivity index (χ0n) is 10.3. The highest BCUT2D eigenvalue weighted by Crippen LogP contribution is 2.39. The lowest BCUT2D eigenvalue weighted by Crippen LogP contribution is -2.52. The molecule has 1 fully saturated rings. The van der Waals surface area contributed by atoms with Crippen molar-refractivity contribution in [2.24, 2.45) is 0 Å². The molecule has 2 atom stereocenters. The van der Waals surface area contributed by atoms with Gasteiger partial charge in [0.05, 0.1) is 8.95 Å². The zero-order chi connectivity index (χ0) is 14.0. The van der Waals surface area contributed by atoms with Crippen LogP contribution in [0, 0.1) is 0 Å². The number of ketones is 1. The molecule has 1 aliphatic carbocycles. The first kappa shape index (κ1) is 15.5. The first-order valence-corrected chi connectivity index (χ1v) is 8.36. The van der Waals surface area contributed by atoms with E-state index in [1.165, 1.54) is 0 Å². The summed E-state index contributed by atoms with van der Waals surface area (Å²) in [4.78, 5) is 11.5. The summed E-state index contributed by atoms with van der Waals surface area (Å²) in [6.07, 6.45) is 0.668. The highest BCUT2D eigenvalue weighted by atomic mass is 79.9. The van der Waals surface area contributed by atoms with Crippen LogP contribution < -0.4 is 4.74 Å². The summed E-state index contributed by atoms with van der Waals surface area (Å²) in [7, 11) is 0. The first-order chi connectivity index (χ1) is 9.02. The van der Waals surface area contributed by atoms with E-state index in [2.05, 4.69) is 47.8 Å². The molecule has 1 aliphatic rings. The van der Waals surface area contributed by atoms with Crippen LogP contribution in [0.2, 0.25) is 0 Å². The number of hydrogen-bond acceptors (Lipinski definition) is 3. The molecule has 19 heavy (non-hydrogen) atoms. The summed E-state index contributed by atoms with van der Waals surface area (Å²) in [5, 5.41) is 0. The fourth-order valence-electron chi connectivity index (χ4n) is 1.81. The lowest BCUT2D eigenvalue weighted by Gasteiger charge is -2.35. The van der Waals surface area contributed by atoms with E-state index in [4.69, 9.17) is 9.47 Å². The third-order valence-electron chi connectivity index (χ3n) is 2.79. The third kappa shape index (κ3) is 3.60. The maximum Gasteiger partial charge on any atom is 0.169 e. The number of rotatable bonds is 5. The van der Waals surface area contributed by atoms with Gasteiger partial charge in [-0.3, -0.25) is 4.79 Å². The molecular formula is C13H13Br3O3. The van der Waals surface area contributed by atoms with Gasteiger partial charge < -0.3 is 9.47 Å². The molecule has 2 rings (SSSR count). The summed E-state index contributed by atoms with van der Waals surface area (Å²) >= 11 is 10.3. The summed E-state index contributed by atoms with van der Waals surface area (Å²) in [6.45, 7) is 2.60. The van der Waals surface area contributed by atoms with Crippen LogP contribution in [0.5, 0.6) is 5.75 Å². The standard InChI is InChI=1S/C13H13Br3O3/c1-2-3-18-13-10(17)6-11(13)19-12-8(15)4-7(14)5-9(12)16/h4-5,11,13H,2-3,6H2,1H3. The molecule has 0 spiro atoms. The van der Waals surface area contributed by atoms with E-state index in [9.17, 15) is 4.79 Å². The van der Waals surface area contributed by atoms with Crippen LogP contribution >= 0.6 is 47.8 Å². The SMILES string of the molecule is CCCOC1C(=O)CC1Oc1c(Br)cc(Br)cc1Br. The molecule has 0 amide bonds. The topological polar surface area (TPSA) is 35.5 Å². The summed E-state index contributed by atoms with van der Waals surface area (Å²) in [6, 6.07) is 3.81. The van der Waals surface area contributed by atoms with Crippen LogP contribution in [0.3, 0.4) is 0 Å². The monoisotopic (exact) mass is 454 g/mol. The lowest BCUT2D eigenvalue weighted by atomic mass is 9.90. The summed E-state index contributed by atoms with van der Waals surface area (Å²) < 4.78 is 14.0. The van der Waals surface area contributed by atoms with Gasteiger partial charge in [-0.05, 0) is 50.4 Å². The fraction of sp³-hybridized carbons (Fsp3) is 0.462.